The van der Waals surface area contributed by atoms with Crippen molar-refractivity contribution < 1.29 is 9.59 Å². The maximum absolute atomic E-state index is 10.9. The summed E-state index contributed by atoms with van der Waals surface area (Å²) in [5.41, 5.74) is 0. The minimum Gasteiger partial charge on any atom is -0.294 e. The molecule has 2 aliphatic carbocycles. The van der Waals surface area contributed by atoms with Gasteiger partial charge >= 0.3 is 0 Å². The monoisotopic (exact) mass is 134 g/mol. The number of carbonyl (C=O) groups is 2. The molecular weight excluding hydrogens is 128 g/mol. The van der Waals surface area contributed by atoms with Crippen LogP contribution < -0.4 is 0 Å². The van der Waals surface area contributed by atoms with Gasteiger partial charge in [-0.3, -0.25) is 9.59 Å². The summed E-state index contributed by atoms with van der Waals surface area (Å²) in [6, 6.07) is 0. The highest BCUT2D eigenvalue weighted by Gasteiger charge is 2.36. The predicted octanol–water partition coefficient (Wildman–Crippen LogP) is 0.497. The van der Waals surface area contributed by atoms with Crippen molar-refractivity contribution in [1.29, 1.82) is 0 Å². The molecule has 2 heteroatoms. The van der Waals surface area contributed by atoms with Gasteiger partial charge in [-0.2, -0.15) is 0 Å². The maximum Gasteiger partial charge on any atom is 0.163 e. The largest absolute Gasteiger partial charge is 0.294 e. The van der Waals surface area contributed by atoms with Crippen LogP contribution in [0.2, 0.25) is 0 Å². The molecule has 2 atom stereocenters. The Kier molecular flexibility index (Phi) is 0.926. The van der Waals surface area contributed by atoms with Crippen LogP contribution in [0.3, 0.4) is 0 Å². The molecule has 10 heavy (non-hydrogen) atoms. The highest BCUT2D eigenvalue weighted by Crippen LogP contribution is 2.30. The third-order valence-electron chi connectivity index (χ3n) is 1.98. The Balaban J connectivity index is 2.39. The molecule has 0 N–H and O–H groups in total. The minimum atomic E-state index is -0.127. The molecule has 0 spiro atoms. The summed E-state index contributed by atoms with van der Waals surface area (Å²) in [7, 11) is 0. The maximum atomic E-state index is 10.9. The summed E-state index contributed by atoms with van der Waals surface area (Å²) >= 11 is 0. The third-order valence-corrected chi connectivity index (χ3v) is 1.98. The van der Waals surface area contributed by atoms with E-state index in [1.165, 1.54) is 12.2 Å². The minimum absolute atomic E-state index is 0.0621. The van der Waals surface area contributed by atoms with Crippen molar-refractivity contribution in [2.75, 3.05) is 0 Å². The summed E-state index contributed by atoms with van der Waals surface area (Å²) in [6.07, 6.45) is 6.31. The standard InChI is InChI=1S/C8H6O2/c9-7-3-4-8(10)6-2-1-5(6)7/h1-6H/t5-,6+. The molecule has 0 unspecified atom stereocenters. The quantitative estimate of drug-likeness (QED) is 0.452. The third kappa shape index (κ3) is 0.533. The molecular formula is C8H6O2. The summed E-state index contributed by atoms with van der Waals surface area (Å²) in [5.74, 6) is -0.130. The van der Waals surface area contributed by atoms with Crippen LogP contribution in [-0.2, 0) is 9.59 Å². The fraction of sp³-hybridized carbons (Fsp3) is 0.250. The number of rotatable bonds is 0. The molecule has 2 aliphatic rings. The molecule has 0 aromatic rings. The molecule has 0 amide bonds. The van der Waals surface area contributed by atoms with Crippen LogP contribution in [0.1, 0.15) is 0 Å². The molecule has 0 fully saturated rings. The lowest BCUT2D eigenvalue weighted by Crippen LogP contribution is -2.34. The molecule has 0 saturated heterocycles. The molecule has 0 saturated carbocycles. The Morgan fingerprint density at radius 1 is 0.900 bits per heavy atom. The van der Waals surface area contributed by atoms with Gasteiger partial charge in [0, 0.05) is 0 Å². The Bertz CT molecular complexity index is 234. The van der Waals surface area contributed by atoms with Crippen molar-refractivity contribution in [1.82, 2.24) is 0 Å². The lowest BCUT2D eigenvalue weighted by atomic mass is 9.73. The van der Waals surface area contributed by atoms with Crippen LogP contribution in [0.15, 0.2) is 24.3 Å². The van der Waals surface area contributed by atoms with E-state index in [4.69, 9.17) is 0 Å². The molecule has 0 aliphatic heterocycles. The molecule has 50 valence electrons. The second-order valence-corrected chi connectivity index (χ2v) is 2.57. The zero-order valence-corrected chi connectivity index (χ0v) is 5.28. The average Bonchev–Trinajstić information content (AvgIpc) is 1.78. The lowest BCUT2D eigenvalue weighted by Gasteiger charge is -2.27. The number of fused-ring (bicyclic) bond motifs is 1. The van der Waals surface area contributed by atoms with Gasteiger partial charge in [-0.15, -0.1) is 0 Å². The Morgan fingerprint density at radius 3 is 1.60 bits per heavy atom. The van der Waals surface area contributed by atoms with E-state index in [1.54, 1.807) is 12.2 Å². The summed E-state index contributed by atoms with van der Waals surface area (Å²) in [6.45, 7) is 0. The molecule has 0 heterocycles. The lowest BCUT2D eigenvalue weighted by molar-refractivity contribution is -0.126. The Labute approximate surface area is 58.2 Å². The average molecular weight is 134 g/mol. The van der Waals surface area contributed by atoms with E-state index < -0.39 is 0 Å². The van der Waals surface area contributed by atoms with Gasteiger partial charge in [-0.25, -0.2) is 0 Å². The first kappa shape index (κ1) is 5.59. The molecule has 2 rings (SSSR count). The Morgan fingerprint density at radius 2 is 1.30 bits per heavy atom. The summed E-state index contributed by atoms with van der Waals surface area (Å²) in [4.78, 5) is 21.8. The van der Waals surface area contributed by atoms with E-state index in [0.29, 0.717) is 0 Å². The van der Waals surface area contributed by atoms with Crippen molar-refractivity contribution in [3.63, 3.8) is 0 Å². The molecule has 2 nitrogen and oxygen atoms in total. The van der Waals surface area contributed by atoms with Crippen molar-refractivity contribution in [2.45, 2.75) is 0 Å². The van der Waals surface area contributed by atoms with Crippen molar-refractivity contribution in [3.8, 4) is 0 Å². The SMILES string of the molecule is O=C1C=CC(=O)[C@@H]2C=C[C@H]12. The van der Waals surface area contributed by atoms with Gasteiger partial charge in [0.15, 0.2) is 11.6 Å². The number of allylic oxidation sites excluding steroid dienone is 4. The first-order valence-electron chi connectivity index (χ1n) is 3.23. The second-order valence-electron chi connectivity index (χ2n) is 2.57. The van der Waals surface area contributed by atoms with Crippen LogP contribution in [0.4, 0.5) is 0 Å². The number of hydrogen-bond donors (Lipinski definition) is 0. The van der Waals surface area contributed by atoms with E-state index >= 15 is 0 Å². The van der Waals surface area contributed by atoms with E-state index in [1.807, 2.05) is 0 Å². The van der Waals surface area contributed by atoms with Gasteiger partial charge < -0.3 is 0 Å². The number of ketones is 2. The van der Waals surface area contributed by atoms with Crippen molar-refractivity contribution in [3.05, 3.63) is 24.3 Å². The summed E-state index contributed by atoms with van der Waals surface area (Å²) < 4.78 is 0. The normalized spacial score (nSPS) is 35.6. The zero-order chi connectivity index (χ0) is 7.14. The Hall–Kier alpha value is -1.18. The van der Waals surface area contributed by atoms with Gasteiger partial charge in [0.1, 0.15) is 0 Å². The summed E-state index contributed by atoms with van der Waals surface area (Å²) in [5, 5.41) is 0. The van der Waals surface area contributed by atoms with Crippen LogP contribution in [0.5, 0.6) is 0 Å². The molecule has 0 aromatic carbocycles. The van der Waals surface area contributed by atoms with Crippen LogP contribution in [0, 0.1) is 11.8 Å². The second kappa shape index (κ2) is 1.66. The van der Waals surface area contributed by atoms with E-state index in [0.717, 1.165) is 0 Å². The van der Waals surface area contributed by atoms with Crippen LogP contribution in [-0.4, -0.2) is 11.6 Å². The van der Waals surface area contributed by atoms with E-state index in [9.17, 15) is 9.59 Å². The highest BCUT2D eigenvalue weighted by molar-refractivity contribution is 6.10. The predicted molar refractivity (Wildman–Crippen MR) is 35.3 cm³/mol. The highest BCUT2D eigenvalue weighted by atomic mass is 16.1. The molecule has 0 aromatic heterocycles. The van der Waals surface area contributed by atoms with Gasteiger partial charge in [0.2, 0.25) is 0 Å². The first-order valence-corrected chi connectivity index (χ1v) is 3.23. The van der Waals surface area contributed by atoms with Gasteiger partial charge in [-0.1, -0.05) is 12.2 Å². The fourth-order valence-corrected chi connectivity index (χ4v) is 1.26. The van der Waals surface area contributed by atoms with E-state index in [-0.39, 0.29) is 23.4 Å². The zero-order valence-electron chi connectivity index (χ0n) is 5.28. The van der Waals surface area contributed by atoms with Crippen LogP contribution in [0.25, 0.3) is 0 Å². The molecule has 0 bridgehead atoms. The van der Waals surface area contributed by atoms with Gasteiger partial charge in [0.05, 0.1) is 11.8 Å². The number of carbonyl (C=O) groups excluding carboxylic acids is 2. The first-order chi connectivity index (χ1) is 4.79. The number of hydrogen-bond acceptors (Lipinski definition) is 2. The topological polar surface area (TPSA) is 34.1 Å². The van der Waals surface area contributed by atoms with Crippen LogP contribution >= 0.6 is 0 Å². The van der Waals surface area contributed by atoms with Gasteiger partial charge in [-0.05, 0) is 12.2 Å². The molecule has 0 radical (unpaired) electrons. The van der Waals surface area contributed by atoms with Crippen molar-refractivity contribution >= 4 is 11.6 Å². The van der Waals surface area contributed by atoms with Crippen molar-refractivity contribution in [2.24, 2.45) is 11.8 Å². The van der Waals surface area contributed by atoms with Gasteiger partial charge in [0.25, 0.3) is 0 Å². The van der Waals surface area contributed by atoms with E-state index in [2.05, 4.69) is 0 Å². The smallest absolute Gasteiger partial charge is 0.163 e. The fourth-order valence-electron chi connectivity index (χ4n) is 1.26.